The van der Waals surface area contributed by atoms with Crippen molar-refractivity contribution in [1.82, 2.24) is 19.9 Å². The first-order valence-corrected chi connectivity index (χ1v) is 9.73. The SMILES string of the molecule is CSc1nccc(CO)n1.Fc1cccc(-c2ncc3ccsc3n2)c1. The first-order valence-electron chi connectivity index (χ1n) is 7.62. The van der Waals surface area contributed by atoms with E-state index >= 15 is 0 Å². The zero-order valence-corrected chi connectivity index (χ0v) is 15.5. The van der Waals surface area contributed by atoms with Crippen LogP contribution in [0.15, 0.2) is 59.3 Å². The fourth-order valence-electron chi connectivity index (χ4n) is 2.09. The largest absolute Gasteiger partial charge is 0.390 e. The molecule has 0 saturated carbocycles. The molecular weight excluding hydrogens is 371 g/mol. The second-order valence-corrected chi connectivity index (χ2v) is 6.75. The summed E-state index contributed by atoms with van der Waals surface area (Å²) < 4.78 is 13.1. The summed E-state index contributed by atoms with van der Waals surface area (Å²) in [5.41, 5.74) is 1.37. The predicted octanol–water partition coefficient (Wildman–Crippen LogP) is 4.19. The molecule has 5 nitrogen and oxygen atoms in total. The van der Waals surface area contributed by atoms with Crippen molar-refractivity contribution < 1.29 is 9.50 Å². The lowest BCUT2D eigenvalue weighted by Crippen LogP contribution is -1.91. The molecule has 8 heteroatoms. The van der Waals surface area contributed by atoms with Gasteiger partial charge >= 0.3 is 0 Å². The highest BCUT2D eigenvalue weighted by Gasteiger charge is 2.04. The van der Waals surface area contributed by atoms with Gasteiger partial charge < -0.3 is 5.11 Å². The molecule has 1 aromatic carbocycles. The zero-order valence-electron chi connectivity index (χ0n) is 13.8. The molecule has 0 bridgehead atoms. The van der Waals surface area contributed by atoms with Crippen LogP contribution in [0.3, 0.4) is 0 Å². The number of aromatic nitrogens is 4. The minimum absolute atomic E-state index is 0.0178. The van der Waals surface area contributed by atoms with Crippen LogP contribution < -0.4 is 0 Å². The third-order valence-electron chi connectivity index (χ3n) is 3.33. The first-order chi connectivity index (χ1) is 12.7. The maximum absolute atomic E-state index is 13.1. The normalized spacial score (nSPS) is 10.4. The maximum Gasteiger partial charge on any atom is 0.187 e. The lowest BCUT2D eigenvalue weighted by atomic mass is 10.2. The Morgan fingerprint density at radius 1 is 1.15 bits per heavy atom. The molecule has 132 valence electrons. The van der Waals surface area contributed by atoms with Crippen molar-refractivity contribution in [2.75, 3.05) is 6.26 Å². The molecule has 4 aromatic rings. The summed E-state index contributed by atoms with van der Waals surface area (Å²) in [6, 6.07) is 9.97. The van der Waals surface area contributed by atoms with Gasteiger partial charge in [-0.25, -0.2) is 24.3 Å². The van der Waals surface area contributed by atoms with E-state index in [9.17, 15) is 4.39 Å². The Bertz CT molecular complexity index is 990. The summed E-state index contributed by atoms with van der Waals surface area (Å²) in [5, 5.41) is 12.3. The monoisotopic (exact) mass is 386 g/mol. The van der Waals surface area contributed by atoms with Crippen LogP contribution in [0.4, 0.5) is 4.39 Å². The van der Waals surface area contributed by atoms with Gasteiger partial charge in [-0.15, -0.1) is 11.3 Å². The van der Waals surface area contributed by atoms with Gasteiger partial charge in [0.2, 0.25) is 0 Å². The molecule has 3 aromatic heterocycles. The van der Waals surface area contributed by atoms with Crippen LogP contribution in [-0.2, 0) is 6.61 Å². The average molecular weight is 386 g/mol. The smallest absolute Gasteiger partial charge is 0.187 e. The van der Waals surface area contributed by atoms with Gasteiger partial charge in [-0.05, 0) is 35.9 Å². The summed E-state index contributed by atoms with van der Waals surface area (Å²) in [5.74, 6) is 0.293. The highest BCUT2D eigenvalue weighted by Crippen LogP contribution is 2.22. The Morgan fingerprint density at radius 2 is 2.04 bits per heavy atom. The highest BCUT2D eigenvalue weighted by molar-refractivity contribution is 7.98. The van der Waals surface area contributed by atoms with Crippen molar-refractivity contribution in [1.29, 1.82) is 0 Å². The molecule has 1 N–H and O–H groups in total. The van der Waals surface area contributed by atoms with E-state index in [1.807, 2.05) is 17.7 Å². The number of nitrogens with zero attached hydrogens (tertiary/aromatic N) is 4. The Labute approximate surface area is 158 Å². The molecule has 0 radical (unpaired) electrons. The van der Waals surface area contributed by atoms with Crippen LogP contribution in [0.1, 0.15) is 5.69 Å². The molecule has 0 aliphatic rings. The Kier molecular flexibility index (Phi) is 6.21. The number of hydrogen-bond donors (Lipinski definition) is 1. The molecule has 0 unspecified atom stereocenters. The number of aliphatic hydroxyl groups is 1. The van der Waals surface area contributed by atoms with Gasteiger partial charge in [-0.2, -0.15) is 0 Å². The van der Waals surface area contributed by atoms with Gasteiger partial charge in [-0.3, -0.25) is 0 Å². The predicted molar refractivity (Wildman–Crippen MR) is 103 cm³/mol. The van der Waals surface area contributed by atoms with Gasteiger partial charge in [0, 0.05) is 23.3 Å². The van der Waals surface area contributed by atoms with E-state index in [0.29, 0.717) is 22.2 Å². The number of fused-ring (bicyclic) bond motifs is 1. The van der Waals surface area contributed by atoms with E-state index in [0.717, 1.165) is 10.2 Å². The minimum Gasteiger partial charge on any atom is -0.390 e. The quantitative estimate of drug-likeness (QED) is 0.420. The van der Waals surface area contributed by atoms with Crippen molar-refractivity contribution in [3.05, 3.63) is 65.7 Å². The Balaban J connectivity index is 0.000000170. The fraction of sp³-hybridized carbons (Fsp3) is 0.111. The molecule has 0 aliphatic carbocycles. The molecule has 0 amide bonds. The number of aliphatic hydroxyl groups excluding tert-OH is 1. The number of halogens is 1. The van der Waals surface area contributed by atoms with Crippen LogP contribution in [0, 0.1) is 5.82 Å². The third kappa shape index (κ3) is 4.60. The molecule has 3 heterocycles. The van der Waals surface area contributed by atoms with Crippen LogP contribution in [0.25, 0.3) is 21.6 Å². The van der Waals surface area contributed by atoms with E-state index in [1.165, 1.54) is 23.9 Å². The molecule has 4 rings (SSSR count). The summed E-state index contributed by atoms with van der Waals surface area (Å²) >= 11 is 3.02. The summed E-state index contributed by atoms with van der Waals surface area (Å²) in [7, 11) is 0. The summed E-state index contributed by atoms with van der Waals surface area (Å²) in [4.78, 5) is 17.5. The van der Waals surface area contributed by atoms with Crippen LogP contribution >= 0.6 is 23.1 Å². The highest BCUT2D eigenvalue weighted by atomic mass is 32.2. The fourth-order valence-corrected chi connectivity index (χ4v) is 3.20. The van der Waals surface area contributed by atoms with Crippen molar-refractivity contribution in [2.24, 2.45) is 0 Å². The van der Waals surface area contributed by atoms with Gasteiger partial charge in [0.25, 0.3) is 0 Å². The number of thioether (sulfide) groups is 1. The molecule has 0 atom stereocenters. The van der Waals surface area contributed by atoms with E-state index in [-0.39, 0.29) is 12.4 Å². The van der Waals surface area contributed by atoms with Gasteiger partial charge in [-0.1, -0.05) is 23.9 Å². The molecule has 0 saturated heterocycles. The van der Waals surface area contributed by atoms with Crippen molar-refractivity contribution >= 4 is 33.3 Å². The second kappa shape index (κ2) is 8.79. The second-order valence-electron chi connectivity index (χ2n) is 5.08. The first kappa shape index (κ1) is 18.4. The lowest BCUT2D eigenvalue weighted by Gasteiger charge is -1.99. The summed E-state index contributed by atoms with van der Waals surface area (Å²) in [6.45, 7) is -0.0178. The van der Waals surface area contributed by atoms with Crippen molar-refractivity contribution in [3.8, 4) is 11.4 Å². The standard InChI is InChI=1S/C12H7FN2S.C6H8N2OS/c13-10-3-1-2-8(6-10)11-14-7-9-4-5-16-12(9)15-11;1-10-6-7-3-2-5(4-9)8-6/h1-7H;2-3,9H,4H2,1H3. The number of thiophene rings is 1. The summed E-state index contributed by atoms with van der Waals surface area (Å²) in [6.07, 6.45) is 5.31. The molecular formula is C18H15FN4OS2. The Hall–Kier alpha value is -2.42. The van der Waals surface area contributed by atoms with Crippen molar-refractivity contribution in [3.63, 3.8) is 0 Å². The van der Waals surface area contributed by atoms with Crippen LogP contribution in [0.5, 0.6) is 0 Å². The molecule has 0 aliphatic heterocycles. The molecule has 0 spiro atoms. The minimum atomic E-state index is -0.271. The van der Waals surface area contributed by atoms with E-state index in [4.69, 9.17) is 5.11 Å². The van der Waals surface area contributed by atoms with Crippen LogP contribution in [0.2, 0.25) is 0 Å². The Morgan fingerprint density at radius 3 is 2.81 bits per heavy atom. The number of hydrogen-bond acceptors (Lipinski definition) is 7. The van der Waals surface area contributed by atoms with Gasteiger partial charge in [0.05, 0.1) is 12.3 Å². The molecule has 0 fully saturated rings. The van der Waals surface area contributed by atoms with E-state index in [2.05, 4.69) is 19.9 Å². The third-order valence-corrected chi connectivity index (χ3v) is 4.71. The topological polar surface area (TPSA) is 71.8 Å². The lowest BCUT2D eigenvalue weighted by molar-refractivity contribution is 0.275. The van der Waals surface area contributed by atoms with E-state index < -0.39 is 0 Å². The number of benzene rings is 1. The average Bonchev–Trinajstić information content (AvgIpc) is 3.16. The van der Waals surface area contributed by atoms with Gasteiger partial charge in [0.15, 0.2) is 11.0 Å². The zero-order chi connectivity index (χ0) is 18.4. The van der Waals surface area contributed by atoms with E-state index in [1.54, 1.807) is 41.9 Å². The number of rotatable bonds is 3. The van der Waals surface area contributed by atoms with Gasteiger partial charge in [0.1, 0.15) is 10.6 Å². The maximum atomic E-state index is 13.1. The van der Waals surface area contributed by atoms with Crippen LogP contribution in [-0.4, -0.2) is 31.3 Å². The molecule has 26 heavy (non-hydrogen) atoms. The van der Waals surface area contributed by atoms with Crippen molar-refractivity contribution in [2.45, 2.75) is 11.8 Å².